The molecular weight excluding hydrogens is 278 g/mol. The van der Waals surface area contributed by atoms with E-state index in [9.17, 15) is 13.2 Å². The van der Waals surface area contributed by atoms with E-state index in [1.807, 2.05) is 13.8 Å². The monoisotopic (exact) mass is 299 g/mol. The molecule has 0 aliphatic heterocycles. The lowest BCUT2D eigenvalue weighted by Crippen LogP contribution is -2.29. The number of anilines is 1. The molecule has 0 spiro atoms. The first-order chi connectivity index (χ1) is 9.31. The smallest absolute Gasteiger partial charge is 0.251 e. The predicted molar refractivity (Wildman–Crippen MR) is 79.8 cm³/mol. The van der Waals surface area contributed by atoms with Crippen LogP contribution in [0.5, 0.6) is 0 Å². The molecule has 0 saturated heterocycles. The van der Waals surface area contributed by atoms with Crippen LogP contribution in [0.2, 0.25) is 0 Å². The fourth-order valence-corrected chi connectivity index (χ4v) is 2.07. The molecule has 0 atom stereocenters. The maximum atomic E-state index is 11.9. The normalized spacial score (nSPS) is 11.2. The van der Waals surface area contributed by atoms with Crippen LogP contribution in [0.25, 0.3) is 0 Å². The molecule has 0 unspecified atom stereocenters. The Labute approximate surface area is 119 Å². The highest BCUT2D eigenvalue weighted by molar-refractivity contribution is 7.90. The second kappa shape index (κ2) is 7.23. The number of nitrogens with zero attached hydrogens (tertiary/aromatic N) is 1. The topological polar surface area (TPSA) is 88.2 Å². The van der Waals surface area contributed by atoms with Crippen molar-refractivity contribution >= 4 is 21.6 Å². The third-order valence-electron chi connectivity index (χ3n) is 2.53. The lowest BCUT2D eigenvalue weighted by molar-refractivity contribution is 0.0956. The van der Waals surface area contributed by atoms with Crippen molar-refractivity contribution in [1.29, 1.82) is 0 Å². The SMILES string of the molecule is CCCNc1cc(C(=O)NCCS(C)(=O)=O)cc(C)n1. The first-order valence-electron chi connectivity index (χ1n) is 6.50. The molecule has 2 N–H and O–H groups in total. The van der Waals surface area contributed by atoms with Gasteiger partial charge in [-0.15, -0.1) is 0 Å². The Hall–Kier alpha value is -1.63. The summed E-state index contributed by atoms with van der Waals surface area (Å²) < 4.78 is 22.0. The minimum atomic E-state index is -3.07. The Morgan fingerprint density at radius 2 is 2.00 bits per heavy atom. The van der Waals surface area contributed by atoms with Gasteiger partial charge in [0.15, 0.2) is 0 Å². The summed E-state index contributed by atoms with van der Waals surface area (Å²) in [5.74, 6) is 0.294. The zero-order chi connectivity index (χ0) is 15.2. The highest BCUT2D eigenvalue weighted by Gasteiger charge is 2.09. The van der Waals surface area contributed by atoms with E-state index < -0.39 is 9.84 Å². The first kappa shape index (κ1) is 16.4. The van der Waals surface area contributed by atoms with Crippen molar-refractivity contribution in [2.75, 3.05) is 30.4 Å². The van der Waals surface area contributed by atoms with E-state index in [0.29, 0.717) is 11.4 Å². The Bertz CT molecular complexity index is 570. The third kappa shape index (κ3) is 6.01. The Morgan fingerprint density at radius 3 is 2.60 bits per heavy atom. The van der Waals surface area contributed by atoms with E-state index in [4.69, 9.17) is 0 Å². The molecule has 1 rings (SSSR count). The van der Waals surface area contributed by atoms with Crippen LogP contribution in [-0.4, -0.2) is 44.4 Å². The van der Waals surface area contributed by atoms with Gasteiger partial charge in [0.05, 0.1) is 5.75 Å². The molecule has 7 heteroatoms. The van der Waals surface area contributed by atoms with Crippen LogP contribution in [0, 0.1) is 6.92 Å². The summed E-state index contributed by atoms with van der Waals surface area (Å²) >= 11 is 0. The molecule has 0 aliphatic rings. The maximum absolute atomic E-state index is 11.9. The number of carbonyl (C=O) groups is 1. The summed E-state index contributed by atoms with van der Waals surface area (Å²) in [6.45, 7) is 4.74. The van der Waals surface area contributed by atoms with Crippen molar-refractivity contribution < 1.29 is 13.2 Å². The van der Waals surface area contributed by atoms with Crippen molar-refractivity contribution in [3.8, 4) is 0 Å². The van der Waals surface area contributed by atoms with Crippen molar-refractivity contribution in [3.63, 3.8) is 0 Å². The number of rotatable bonds is 7. The largest absolute Gasteiger partial charge is 0.370 e. The van der Waals surface area contributed by atoms with Crippen LogP contribution in [0.1, 0.15) is 29.4 Å². The molecule has 1 aromatic heterocycles. The van der Waals surface area contributed by atoms with Gasteiger partial charge < -0.3 is 10.6 Å². The zero-order valence-electron chi connectivity index (χ0n) is 12.1. The van der Waals surface area contributed by atoms with Gasteiger partial charge in [0.2, 0.25) is 0 Å². The van der Waals surface area contributed by atoms with Gasteiger partial charge in [-0.2, -0.15) is 0 Å². The van der Waals surface area contributed by atoms with Crippen molar-refractivity contribution in [1.82, 2.24) is 10.3 Å². The van der Waals surface area contributed by atoms with E-state index in [1.54, 1.807) is 12.1 Å². The summed E-state index contributed by atoms with van der Waals surface area (Å²) in [5, 5.41) is 5.72. The molecule has 1 amide bonds. The molecule has 1 heterocycles. The molecule has 0 radical (unpaired) electrons. The predicted octanol–water partition coefficient (Wildman–Crippen LogP) is 0.986. The number of hydrogen-bond acceptors (Lipinski definition) is 5. The average molecular weight is 299 g/mol. The molecule has 0 aliphatic carbocycles. The van der Waals surface area contributed by atoms with E-state index in [2.05, 4.69) is 15.6 Å². The Kier molecular flexibility index (Phi) is 5.94. The summed E-state index contributed by atoms with van der Waals surface area (Å²) in [5.41, 5.74) is 1.21. The van der Waals surface area contributed by atoms with Gasteiger partial charge in [0, 0.05) is 30.6 Å². The molecule has 20 heavy (non-hydrogen) atoms. The van der Waals surface area contributed by atoms with E-state index >= 15 is 0 Å². The van der Waals surface area contributed by atoms with E-state index in [-0.39, 0.29) is 18.2 Å². The average Bonchev–Trinajstić information content (AvgIpc) is 2.34. The number of nitrogens with one attached hydrogen (secondary N) is 2. The van der Waals surface area contributed by atoms with Crippen molar-refractivity contribution in [3.05, 3.63) is 23.4 Å². The highest BCUT2D eigenvalue weighted by Crippen LogP contribution is 2.10. The van der Waals surface area contributed by atoms with E-state index in [1.165, 1.54) is 0 Å². The highest BCUT2D eigenvalue weighted by atomic mass is 32.2. The number of aromatic nitrogens is 1. The molecule has 1 aromatic rings. The van der Waals surface area contributed by atoms with Crippen molar-refractivity contribution in [2.24, 2.45) is 0 Å². The van der Waals surface area contributed by atoms with Gasteiger partial charge in [-0.3, -0.25) is 4.79 Å². The van der Waals surface area contributed by atoms with Gasteiger partial charge in [-0.05, 0) is 25.5 Å². The molecule has 0 bridgehead atoms. The van der Waals surface area contributed by atoms with Crippen LogP contribution < -0.4 is 10.6 Å². The fraction of sp³-hybridized carbons (Fsp3) is 0.538. The number of pyridine rings is 1. The van der Waals surface area contributed by atoms with Gasteiger partial charge in [0.1, 0.15) is 15.7 Å². The minimum Gasteiger partial charge on any atom is -0.370 e. The minimum absolute atomic E-state index is 0.0657. The zero-order valence-corrected chi connectivity index (χ0v) is 12.9. The van der Waals surface area contributed by atoms with Crippen LogP contribution in [-0.2, 0) is 9.84 Å². The summed E-state index contributed by atoms with van der Waals surface area (Å²) in [6, 6.07) is 3.34. The van der Waals surface area contributed by atoms with Crippen molar-refractivity contribution in [2.45, 2.75) is 20.3 Å². The quantitative estimate of drug-likeness (QED) is 0.784. The number of aryl methyl sites for hydroxylation is 1. The van der Waals surface area contributed by atoms with Crippen LogP contribution >= 0.6 is 0 Å². The second-order valence-electron chi connectivity index (χ2n) is 4.69. The summed E-state index contributed by atoms with van der Waals surface area (Å²) in [6.07, 6.45) is 2.11. The van der Waals surface area contributed by atoms with Gasteiger partial charge >= 0.3 is 0 Å². The number of amides is 1. The Balaban J connectivity index is 2.69. The van der Waals surface area contributed by atoms with Gasteiger partial charge in [-0.25, -0.2) is 13.4 Å². The second-order valence-corrected chi connectivity index (χ2v) is 6.95. The fourth-order valence-electron chi connectivity index (χ4n) is 1.60. The summed E-state index contributed by atoms with van der Waals surface area (Å²) in [7, 11) is -3.07. The number of hydrogen-bond donors (Lipinski definition) is 2. The molecule has 112 valence electrons. The van der Waals surface area contributed by atoms with Crippen LogP contribution in [0.4, 0.5) is 5.82 Å². The molecule has 0 fully saturated rings. The lowest BCUT2D eigenvalue weighted by atomic mass is 10.2. The molecule has 0 aromatic carbocycles. The van der Waals surface area contributed by atoms with Crippen LogP contribution in [0.15, 0.2) is 12.1 Å². The number of carbonyl (C=O) groups excluding carboxylic acids is 1. The van der Waals surface area contributed by atoms with Gasteiger partial charge in [-0.1, -0.05) is 6.92 Å². The number of sulfone groups is 1. The first-order valence-corrected chi connectivity index (χ1v) is 8.56. The Morgan fingerprint density at radius 1 is 1.30 bits per heavy atom. The molecular formula is C13H21N3O3S. The maximum Gasteiger partial charge on any atom is 0.251 e. The standard InChI is InChI=1S/C13H21N3O3S/c1-4-5-14-12-9-11(8-10(2)16-12)13(17)15-6-7-20(3,18)19/h8-9H,4-7H2,1-3H3,(H,14,16)(H,15,17). The third-order valence-corrected chi connectivity index (χ3v) is 3.48. The van der Waals surface area contributed by atoms with Crippen LogP contribution in [0.3, 0.4) is 0 Å². The van der Waals surface area contributed by atoms with Gasteiger partial charge in [0.25, 0.3) is 5.91 Å². The summed E-state index contributed by atoms with van der Waals surface area (Å²) in [4.78, 5) is 16.2. The van der Waals surface area contributed by atoms with E-state index in [0.717, 1.165) is 24.9 Å². The molecule has 0 saturated carbocycles. The lowest BCUT2D eigenvalue weighted by Gasteiger charge is -2.09. The molecule has 6 nitrogen and oxygen atoms in total.